The smallest absolute Gasteiger partial charge is 0.335 e. The van der Waals surface area contributed by atoms with Crippen molar-refractivity contribution >= 4 is 11.9 Å². The Balaban J connectivity index is 2.42. The van der Waals surface area contributed by atoms with Gasteiger partial charge in [-0.15, -0.1) is 0 Å². The molecule has 1 amide bonds. The van der Waals surface area contributed by atoms with Crippen molar-refractivity contribution in [3.63, 3.8) is 0 Å². The highest BCUT2D eigenvalue weighted by molar-refractivity contribution is 5.87. The van der Waals surface area contributed by atoms with E-state index < -0.39 is 5.97 Å². The van der Waals surface area contributed by atoms with E-state index in [9.17, 15) is 9.59 Å². The molecule has 0 spiro atoms. The van der Waals surface area contributed by atoms with Gasteiger partial charge in [0.25, 0.3) is 0 Å². The van der Waals surface area contributed by atoms with Crippen molar-refractivity contribution < 1.29 is 14.7 Å². The minimum Gasteiger partial charge on any atom is -0.478 e. The van der Waals surface area contributed by atoms with E-state index in [0.717, 1.165) is 5.56 Å². The van der Waals surface area contributed by atoms with Crippen LogP contribution in [-0.4, -0.2) is 23.5 Å². The van der Waals surface area contributed by atoms with Gasteiger partial charge in [-0.2, -0.15) is 0 Å². The second-order valence-electron chi connectivity index (χ2n) is 3.54. The number of carboxylic acid groups (broad SMARTS) is 1. The van der Waals surface area contributed by atoms with E-state index in [0.29, 0.717) is 13.0 Å². The van der Waals surface area contributed by atoms with Crippen LogP contribution in [0.15, 0.2) is 36.4 Å². The molecule has 0 fully saturated rings. The highest BCUT2D eigenvalue weighted by Gasteiger charge is 2.01. The molecule has 0 aromatic heterocycles. The number of carbonyl (C=O) groups is 2. The van der Waals surface area contributed by atoms with Crippen LogP contribution in [0.2, 0.25) is 0 Å². The zero-order valence-electron chi connectivity index (χ0n) is 9.64. The third-order valence-electron chi connectivity index (χ3n) is 2.23. The molecule has 0 bridgehead atoms. The summed E-state index contributed by atoms with van der Waals surface area (Å²) in [5, 5.41) is 11.4. The maximum atomic E-state index is 11.1. The maximum Gasteiger partial charge on any atom is 0.335 e. The van der Waals surface area contributed by atoms with E-state index in [4.69, 9.17) is 5.11 Å². The first-order chi connectivity index (χ1) is 8.13. The largest absolute Gasteiger partial charge is 0.478 e. The molecule has 0 aliphatic rings. The quantitative estimate of drug-likeness (QED) is 0.759. The van der Waals surface area contributed by atoms with E-state index in [1.54, 1.807) is 37.3 Å². The molecule has 0 radical (unpaired) electrons. The summed E-state index contributed by atoms with van der Waals surface area (Å²) in [7, 11) is 0. The lowest BCUT2D eigenvalue weighted by Gasteiger charge is -2.03. The number of allylic oxidation sites excluding steroid dienone is 1. The first-order valence-electron chi connectivity index (χ1n) is 5.36. The van der Waals surface area contributed by atoms with Crippen LogP contribution in [0.5, 0.6) is 0 Å². The summed E-state index contributed by atoms with van der Waals surface area (Å²) in [5.74, 6) is -1.05. The zero-order chi connectivity index (χ0) is 12.7. The minimum absolute atomic E-state index is 0.116. The SMILES string of the molecule is C/C=C/C(=O)NCCc1ccc(C(=O)O)cc1. The van der Waals surface area contributed by atoms with Gasteiger partial charge in [0.05, 0.1) is 5.56 Å². The van der Waals surface area contributed by atoms with Crippen LogP contribution in [-0.2, 0) is 11.2 Å². The summed E-state index contributed by atoms with van der Waals surface area (Å²) >= 11 is 0. The third kappa shape index (κ3) is 4.51. The predicted octanol–water partition coefficient (Wildman–Crippen LogP) is 1.62. The molecule has 17 heavy (non-hydrogen) atoms. The van der Waals surface area contributed by atoms with Crippen molar-refractivity contribution in [1.29, 1.82) is 0 Å². The van der Waals surface area contributed by atoms with Crippen molar-refractivity contribution in [2.45, 2.75) is 13.3 Å². The lowest BCUT2D eigenvalue weighted by molar-refractivity contribution is -0.116. The van der Waals surface area contributed by atoms with Gasteiger partial charge in [0.1, 0.15) is 0 Å². The molecular formula is C13H15NO3. The van der Waals surface area contributed by atoms with Crippen molar-refractivity contribution in [2.75, 3.05) is 6.54 Å². The zero-order valence-corrected chi connectivity index (χ0v) is 9.64. The van der Waals surface area contributed by atoms with E-state index >= 15 is 0 Å². The van der Waals surface area contributed by atoms with Gasteiger partial charge in [0, 0.05) is 6.54 Å². The van der Waals surface area contributed by atoms with Crippen LogP contribution < -0.4 is 5.32 Å². The van der Waals surface area contributed by atoms with Gasteiger partial charge in [-0.05, 0) is 37.1 Å². The minimum atomic E-state index is -0.932. The van der Waals surface area contributed by atoms with Crippen LogP contribution in [0.3, 0.4) is 0 Å². The second-order valence-corrected chi connectivity index (χ2v) is 3.54. The van der Waals surface area contributed by atoms with Gasteiger partial charge in [0.15, 0.2) is 0 Å². The molecule has 0 saturated carbocycles. The number of hydrogen-bond donors (Lipinski definition) is 2. The highest BCUT2D eigenvalue weighted by Crippen LogP contribution is 2.04. The molecule has 0 saturated heterocycles. The first kappa shape index (κ1) is 13.0. The van der Waals surface area contributed by atoms with E-state index in [1.165, 1.54) is 6.08 Å². The Morgan fingerprint density at radius 2 is 1.94 bits per heavy atom. The summed E-state index contributed by atoms with van der Waals surface area (Å²) in [6.45, 7) is 2.32. The summed E-state index contributed by atoms with van der Waals surface area (Å²) < 4.78 is 0. The van der Waals surface area contributed by atoms with Gasteiger partial charge >= 0.3 is 5.97 Å². The van der Waals surface area contributed by atoms with Crippen LogP contribution >= 0.6 is 0 Å². The van der Waals surface area contributed by atoms with Crippen LogP contribution in [0.4, 0.5) is 0 Å². The topological polar surface area (TPSA) is 66.4 Å². The Morgan fingerprint density at radius 3 is 2.47 bits per heavy atom. The van der Waals surface area contributed by atoms with Crippen molar-refractivity contribution in [2.24, 2.45) is 0 Å². The van der Waals surface area contributed by atoms with E-state index in [-0.39, 0.29) is 11.5 Å². The van der Waals surface area contributed by atoms with Crippen molar-refractivity contribution in [3.05, 3.63) is 47.5 Å². The van der Waals surface area contributed by atoms with Crippen LogP contribution in [0.1, 0.15) is 22.8 Å². The normalized spacial score (nSPS) is 10.4. The Morgan fingerprint density at radius 1 is 1.29 bits per heavy atom. The van der Waals surface area contributed by atoms with Crippen LogP contribution in [0, 0.1) is 0 Å². The van der Waals surface area contributed by atoms with Crippen molar-refractivity contribution in [3.8, 4) is 0 Å². The lowest BCUT2D eigenvalue weighted by atomic mass is 10.1. The molecule has 4 nitrogen and oxygen atoms in total. The molecule has 0 heterocycles. The van der Waals surface area contributed by atoms with E-state index in [2.05, 4.69) is 5.32 Å². The first-order valence-corrected chi connectivity index (χ1v) is 5.36. The molecule has 0 unspecified atom stereocenters. The molecule has 4 heteroatoms. The molecule has 0 atom stereocenters. The number of benzene rings is 1. The lowest BCUT2D eigenvalue weighted by Crippen LogP contribution is -2.23. The van der Waals surface area contributed by atoms with Crippen LogP contribution in [0.25, 0.3) is 0 Å². The van der Waals surface area contributed by atoms with Gasteiger partial charge in [-0.1, -0.05) is 18.2 Å². The van der Waals surface area contributed by atoms with Gasteiger partial charge in [-0.3, -0.25) is 4.79 Å². The standard InChI is InChI=1S/C13H15NO3/c1-2-3-12(15)14-9-8-10-4-6-11(7-5-10)13(16)17/h2-7H,8-9H2,1H3,(H,14,15)(H,16,17)/b3-2+. The Kier molecular flexibility index (Phi) is 4.94. The number of amides is 1. The van der Waals surface area contributed by atoms with E-state index in [1.807, 2.05) is 0 Å². The fourth-order valence-electron chi connectivity index (χ4n) is 1.35. The van der Waals surface area contributed by atoms with Gasteiger partial charge in [-0.25, -0.2) is 4.79 Å². The molecule has 2 N–H and O–H groups in total. The van der Waals surface area contributed by atoms with Crippen molar-refractivity contribution in [1.82, 2.24) is 5.32 Å². The molecule has 1 aromatic rings. The summed E-state index contributed by atoms with van der Waals surface area (Å²) in [4.78, 5) is 21.7. The Hall–Kier alpha value is -2.10. The molecule has 0 aliphatic heterocycles. The maximum absolute atomic E-state index is 11.1. The fourth-order valence-corrected chi connectivity index (χ4v) is 1.35. The monoisotopic (exact) mass is 233 g/mol. The number of carboxylic acids is 1. The fraction of sp³-hybridized carbons (Fsp3) is 0.231. The Bertz CT molecular complexity index is 421. The number of carbonyl (C=O) groups excluding carboxylic acids is 1. The number of rotatable bonds is 5. The molecule has 1 rings (SSSR count). The molecule has 0 aliphatic carbocycles. The summed E-state index contributed by atoms with van der Waals surface area (Å²) in [5.41, 5.74) is 1.27. The molecule has 1 aromatic carbocycles. The number of nitrogens with one attached hydrogen (secondary N) is 1. The Labute approximate surface area is 100.0 Å². The number of aromatic carboxylic acids is 1. The summed E-state index contributed by atoms with van der Waals surface area (Å²) in [6, 6.07) is 6.63. The second kappa shape index (κ2) is 6.48. The average Bonchev–Trinajstić information content (AvgIpc) is 2.30. The summed E-state index contributed by atoms with van der Waals surface area (Å²) in [6.07, 6.45) is 3.83. The third-order valence-corrected chi connectivity index (χ3v) is 2.23. The molecule has 90 valence electrons. The predicted molar refractivity (Wildman–Crippen MR) is 64.9 cm³/mol. The van der Waals surface area contributed by atoms with Gasteiger partial charge < -0.3 is 10.4 Å². The van der Waals surface area contributed by atoms with Gasteiger partial charge in [0.2, 0.25) is 5.91 Å². The number of hydrogen-bond acceptors (Lipinski definition) is 2. The average molecular weight is 233 g/mol. The highest BCUT2D eigenvalue weighted by atomic mass is 16.4. The molecular weight excluding hydrogens is 218 g/mol.